The predicted octanol–water partition coefficient (Wildman–Crippen LogP) is 17.3. The molecule has 10 aromatic rings. The quantitative estimate of drug-likeness (QED) is 0.0105. The molecule has 0 aromatic heterocycles. The minimum Gasteiger partial charge on any atom is -0.497 e. The molecule has 26 nitrogen and oxygen atoms in total. The highest BCUT2D eigenvalue weighted by Gasteiger charge is 2.47. The smallest absolute Gasteiger partial charge is 0.306 e. The number of esters is 2. The molecule has 12 rings (SSSR count). The Hall–Kier alpha value is -12.4. The van der Waals surface area contributed by atoms with E-state index in [0.717, 1.165) is 62.8 Å². The molecule has 144 heavy (non-hydrogen) atoms. The van der Waals surface area contributed by atoms with Gasteiger partial charge in [-0.15, -0.1) is 6.58 Å². The number of nitrogens with zero attached hydrogens (tertiary/aromatic N) is 2. The van der Waals surface area contributed by atoms with Crippen LogP contribution in [0.4, 0.5) is 0 Å². The number of Topliss-reactive ketones (excluding diaryl/α,β-unsaturated/α-hetero) is 5. The van der Waals surface area contributed by atoms with Crippen molar-refractivity contribution in [3.63, 3.8) is 0 Å². The van der Waals surface area contributed by atoms with Gasteiger partial charge in [-0.2, -0.15) is 0 Å². The third kappa shape index (κ3) is 32.8. The molecule has 0 aliphatic carbocycles. The SMILES string of the molecule is C=CCCC(=O)C[C@@H](Cc1ccccc1)C(=O)N[C@@H](Cc1cccc(I)c1)C(=O)N1C[C@H](OC(=O)CCC(=O)CC)C[C@H]1C(=O)CCCOCCOC(c1ccccc1)(c1ccc(OC)cc1)c1ccc(OC)cc1.CCC(=O)CCC(=O)O[C@@H]1C[C@@H](C(=O)CCCOCCOC(c2ccccc2)(c2ccc(OC)cc2)c2ccc(OC)cc2)N(C(=O)[C@H](Cc2cccc(I)c2)NC(=O)[C@@H](N)Cc2ccccc2)C1. The number of methoxy groups -OCH3 is 4. The molecule has 2 aliphatic rings. The van der Waals surface area contributed by atoms with E-state index in [1.165, 1.54) is 9.80 Å². The Morgan fingerprint density at radius 2 is 0.743 bits per heavy atom. The lowest BCUT2D eigenvalue weighted by atomic mass is 9.80. The highest BCUT2D eigenvalue weighted by Crippen LogP contribution is 2.44. The molecule has 0 spiro atoms. The van der Waals surface area contributed by atoms with Crippen LogP contribution in [0.15, 0.2) is 280 Å². The van der Waals surface area contributed by atoms with Crippen LogP contribution in [0.1, 0.15) is 166 Å². The monoisotopic (exact) mass is 2180 g/mol. The molecule has 2 heterocycles. The Morgan fingerprint density at radius 3 is 1.10 bits per heavy atom. The zero-order valence-corrected chi connectivity index (χ0v) is 87.0. The molecule has 4 N–H and O–H groups in total. The van der Waals surface area contributed by atoms with Crippen molar-refractivity contribution < 1.29 is 100 Å². The number of ketones is 5. The normalized spacial score (nSPS) is 15.3. The summed E-state index contributed by atoms with van der Waals surface area (Å²) in [6.07, 6.45) is 2.83. The predicted molar refractivity (Wildman–Crippen MR) is 566 cm³/mol. The number of carbonyl (C=O) groups is 11. The van der Waals surface area contributed by atoms with E-state index in [1.54, 1.807) is 48.4 Å². The van der Waals surface area contributed by atoms with Gasteiger partial charge in [-0.3, -0.25) is 52.7 Å². The summed E-state index contributed by atoms with van der Waals surface area (Å²) in [5.41, 5.74) is 13.0. The zero-order chi connectivity index (χ0) is 103. The van der Waals surface area contributed by atoms with Gasteiger partial charge in [-0.05, 0) is 206 Å². The molecule has 0 radical (unpaired) electrons. The maximum Gasteiger partial charge on any atom is 0.306 e. The van der Waals surface area contributed by atoms with E-state index in [9.17, 15) is 47.9 Å². The van der Waals surface area contributed by atoms with E-state index >= 15 is 4.79 Å². The van der Waals surface area contributed by atoms with Crippen LogP contribution >= 0.6 is 45.2 Å². The Morgan fingerprint density at radius 1 is 0.396 bits per heavy atom. The van der Waals surface area contributed by atoms with Crippen LogP contribution in [0.25, 0.3) is 0 Å². The number of likely N-dealkylation sites (tertiary alicyclic amines) is 2. The van der Waals surface area contributed by atoms with Gasteiger partial charge in [0.25, 0.3) is 0 Å². The minimum atomic E-state index is -1.13. The number of benzene rings is 10. The number of nitrogens with one attached hydrogen (secondary N) is 2. The van der Waals surface area contributed by atoms with E-state index < -0.39 is 95.1 Å². The van der Waals surface area contributed by atoms with Crippen LogP contribution in [-0.4, -0.2) is 198 Å². The van der Waals surface area contributed by atoms with Crippen molar-refractivity contribution >= 4 is 110 Å². The largest absolute Gasteiger partial charge is 0.497 e. The number of ether oxygens (including phenoxy) is 10. The lowest BCUT2D eigenvalue weighted by Crippen LogP contribution is -2.55. The van der Waals surface area contributed by atoms with Crippen LogP contribution in [0.3, 0.4) is 0 Å². The van der Waals surface area contributed by atoms with Gasteiger partial charge >= 0.3 is 11.9 Å². The number of allylic oxidation sites excluding steroid dienone is 1. The highest BCUT2D eigenvalue weighted by atomic mass is 127. The van der Waals surface area contributed by atoms with E-state index in [2.05, 4.69) is 62.4 Å². The van der Waals surface area contributed by atoms with Crippen molar-refractivity contribution in [1.82, 2.24) is 20.4 Å². The molecule has 4 amide bonds. The second kappa shape index (κ2) is 57.9. The second-order valence-corrected chi connectivity index (χ2v) is 38.1. The van der Waals surface area contributed by atoms with Gasteiger partial charge in [0.15, 0.2) is 11.6 Å². The number of amides is 4. The topological polar surface area (TPSA) is 337 Å². The van der Waals surface area contributed by atoms with Crippen molar-refractivity contribution in [3.8, 4) is 23.0 Å². The summed E-state index contributed by atoms with van der Waals surface area (Å²) in [5.74, 6) is -1.83. The van der Waals surface area contributed by atoms with E-state index in [4.69, 9.17) is 53.1 Å². The van der Waals surface area contributed by atoms with Crippen LogP contribution < -0.4 is 35.3 Å². The Balaban J connectivity index is 0.000000275. The first-order valence-electron chi connectivity index (χ1n) is 49.1. The van der Waals surface area contributed by atoms with Gasteiger partial charge in [-0.25, -0.2) is 0 Å². The fourth-order valence-electron chi connectivity index (χ4n) is 18.0. The van der Waals surface area contributed by atoms with Crippen molar-refractivity contribution in [3.05, 3.63) is 342 Å². The lowest BCUT2D eigenvalue weighted by molar-refractivity contribution is -0.150. The molecule has 760 valence electrons. The van der Waals surface area contributed by atoms with Crippen molar-refractivity contribution in [2.45, 2.75) is 189 Å². The van der Waals surface area contributed by atoms with Gasteiger partial charge < -0.3 is 73.5 Å². The summed E-state index contributed by atoms with van der Waals surface area (Å²) in [7, 11) is 6.49. The summed E-state index contributed by atoms with van der Waals surface area (Å²) in [6, 6.07) is 79.8. The Kier molecular flexibility index (Phi) is 45.0. The van der Waals surface area contributed by atoms with Crippen molar-refractivity contribution in [2.24, 2.45) is 11.7 Å². The van der Waals surface area contributed by atoms with E-state index in [1.807, 2.05) is 267 Å². The molecule has 2 fully saturated rings. The number of halogens is 2. The van der Waals surface area contributed by atoms with Gasteiger partial charge in [0, 0.05) is 103 Å². The maximum absolute atomic E-state index is 15.1. The summed E-state index contributed by atoms with van der Waals surface area (Å²) in [4.78, 5) is 153. The third-order valence-electron chi connectivity index (χ3n) is 25.6. The fourth-order valence-corrected chi connectivity index (χ4v) is 19.2. The molecule has 10 aromatic carbocycles. The maximum atomic E-state index is 15.1. The molecule has 2 aliphatic heterocycles. The first kappa shape index (κ1) is 112. The fraction of sp³-hybridized carbons (Fsp3) is 0.371. The Labute approximate surface area is 871 Å². The first-order valence-corrected chi connectivity index (χ1v) is 51.2. The summed E-state index contributed by atoms with van der Waals surface area (Å²) in [5, 5.41) is 5.92. The lowest BCUT2D eigenvalue weighted by Gasteiger charge is -2.36. The molecule has 28 heteroatoms. The van der Waals surface area contributed by atoms with Crippen molar-refractivity contribution in [1.29, 1.82) is 0 Å². The highest BCUT2D eigenvalue weighted by molar-refractivity contribution is 14.1. The zero-order valence-electron chi connectivity index (χ0n) is 82.7. The van der Waals surface area contributed by atoms with Gasteiger partial charge in [0.1, 0.15) is 75.8 Å². The molecule has 0 bridgehead atoms. The van der Waals surface area contributed by atoms with Crippen LogP contribution in [0, 0.1) is 13.1 Å². The van der Waals surface area contributed by atoms with Gasteiger partial charge in [0.2, 0.25) is 23.6 Å². The summed E-state index contributed by atoms with van der Waals surface area (Å²) >= 11 is 4.38. The molecule has 8 atom stereocenters. The average molecular weight is 2190 g/mol. The van der Waals surface area contributed by atoms with Gasteiger partial charge in [-0.1, -0.05) is 214 Å². The second-order valence-electron chi connectivity index (χ2n) is 35.6. The molecule has 2 saturated heterocycles. The first-order chi connectivity index (χ1) is 69.8. The number of hydrogen-bond acceptors (Lipinski definition) is 22. The standard InChI is InChI=1S/C61H69IN2O11.C55H62IN3O10/c1-5-7-22-51(66)40-45(37-43-16-10-8-11-17-43)59(69)63-55(39-44-18-14-21-49(62)38-44)60(70)64-42-54(75-58(68)33-28-50(65)6-2)41-56(64)57(67)23-15-34-73-35-36-74-61(46-19-12-9-13-20-46,47-24-29-52(71-3)30-25-47)48-26-31-53(72-4)32-27-48;1-4-44(60)24-29-52(62)69-47-36-50(59(37-47)54(64)49(35-39-15-11-18-43(56)33-39)58-53(63)48(57)34-38-13-7-5-8-14-38)51(61)19-12-30-67-31-32-68-55(40-16-9-6-10-17-40,41-20-25-45(65-2)26-21-41)42-22-27-46(66-3)28-23-42/h5,8-14,16-21,24-27,29-32,38,45,54-56H,1,6-7,15,22-23,28,33-37,39-42H2,2-4H3,(H,63,69);5-11,13-18,20-23,25-28,33,47-50H,4,12,19,24,29-32,34-37,57H2,1-3H3,(H,58,63)/t45-,54-,55+,56+;47-,48+,49+,50+/m11/s1. The summed E-state index contributed by atoms with van der Waals surface area (Å²) < 4.78 is 61.4. The average Bonchev–Trinajstić information content (AvgIpc) is 0.851. The van der Waals surface area contributed by atoms with E-state index in [0.29, 0.717) is 48.7 Å². The van der Waals surface area contributed by atoms with Crippen LogP contribution in [0.2, 0.25) is 0 Å². The minimum absolute atomic E-state index is 0.0263. The van der Waals surface area contributed by atoms with Gasteiger partial charge in [0.05, 0.1) is 98.9 Å². The van der Waals surface area contributed by atoms with Crippen LogP contribution in [0.5, 0.6) is 23.0 Å². The number of hydrogen-bond donors (Lipinski definition) is 3. The molecule has 0 unspecified atom stereocenters. The van der Waals surface area contributed by atoms with Crippen molar-refractivity contribution in [2.75, 3.05) is 81.2 Å². The number of carbonyl (C=O) groups excluding carboxylic acids is 11. The summed E-state index contributed by atoms with van der Waals surface area (Å²) in [6.45, 7) is 8.29. The molecular formula is C116H131I2N5O21. The third-order valence-corrected chi connectivity index (χ3v) is 27.0. The van der Waals surface area contributed by atoms with Crippen LogP contribution in [-0.2, 0) is 118 Å². The molecule has 0 saturated carbocycles. The van der Waals surface area contributed by atoms with E-state index in [-0.39, 0.29) is 178 Å². The number of nitrogens with two attached hydrogens (primary N) is 1. The number of rotatable bonds is 57. The molecular weight excluding hydrogens is 2050 g/mol. The Bertz CT molecular complexity index is 5730.